The second-order valence-electron chi connectivity index (χ2n) is 5.65. The standard InChI is InChI=1S/C19H13F3N2O2S/c1-11(25)16-15(12-6-3-2-4-7-12)23-18(27-16)24-17(26)13-8-5-9-14(10-13)19(20,21)22/h2-10H,1H3,(H,23,24,26). The van der Waals surface area contributed by atoms with Gasteiger partial charge in [0.25, 0.3) is 5.91 Å². The molecule has 0 radical (unpaired) electrons. The SMILES string of the molecule is CC(=O)c1sc(NC(=O)c2cccc(C(F)(F)F)c2)nc1-c1ccccc1. The lowest BCUT2D eigenvalue weighted by Crippen LogP contribution is -2.13. The third kappa shape index (κ3) is 4.22. The molecule has 0 aliphatic heterocycles. The molecule has 1 amide bonds. The predicted octanol–water partition coefficient (Wildman–Crippen LogP) is 5.28. The average Bonchev–Trinajstić information content (AvgIpc) is 3.06. The molecule has 0 fully saturated rings. The Labute approximate surface area is 156 Å². The van der Waals surface area contributed by atoms with Crippen molar-refractivity contribution in [2.75, 3.05) is 5.32 Å². The number of halogens is 3. The van der Waals surface area contributed by atoms with Crippen molar-refractivity contribution in [1.82, 2.24) is 4.98 Å². The highest BCUT2D eigenvalue weighted by atomic mass is 32.1. The summed E-state index contributed by atoms with van der Waals surface area (Å²) in [5.41, 5.74) is 0.0697. The smallest absolute Gasteiger partial charge is 0.298 e. The van der Waals surface area contributed by atoms with Crippen LogP contribution in [0.15, 0.2) is 54.6 Å². The normalized spacial score (nSPS) is 11.3. The molecule has 0 aliphatic rings. The third-order valence-electron chi connectivity index (χ3n) is 3.67. The quantitative estimate of drug-likeness (QED) is 0.617. The molecule has 8 heteroatoms. The summed E-state index contributed by atoms with van der Waals surface area (Å²) in [6.07, 6.45) is -4.54. The number of hydrogen-bond donors (Lipinski definition) is 1. The number of hydrogen-bond acceptors (Lipinski definition) is 4. The van der Waals surface area contributed by atoms with Crippen molar-refractivity contribution in [3.63, 3.8) is 0 Å². The Balaban J connectivity index is 1.90. The minimum Gasteiger partial charge on any atom is -0.298 e. The first-order valence-corrected chi connectivity index (χ1v) is 8.63. The fraction of sp³-hybridized carbons (Fsp3) is 0.105. The van der Waals surface area contributed by atoms with Crippen molar-refractivity contribution in [1.29, 1.82) is 0 Å². The van der Waals surface area contributed by atoms with Gasteiger partial charge in [-0.15, -0.1) is 0 Å². The molecular formula is C19H13F3N2O2S. The van der Waals surface area contributed by atoms with E-state index in [9.17, 15) is 22.8 Å². The zero-order valence-corrected chi connectivity index (χ0v) is 14.8. The van der Waals surface area contributed by atoms with Gasteiger partial charge in [0.2, 0.25) is 0 Å². The predicted molar refractivity (Wildman–Crippen MR) is 97.0 cm³/mol. The largest absolute Gasteiger partial charge is 0.416 e. The monoisotopic (exact) mass is 390 g/mol. The summed E-state index contributed by atoms with van der Waals surface area (Å²) in [4.78, 5) is 28.9. The van der Waals surface area contributed by atoms with Crippen LogP contribution in [0.25, 0.3) is 11.3 Å². The molecule has 1 heterocycles. The maximum Gasteiger partial charge on any atom is 0.416 e. The molecule has 0 aliphatic carbocycles. The molecule has 0 saturated carbocycles. The Hall–Kier alpha value is -3.00. The topological polar surface area (TPSA) is 59.1 Å². The van der Waals surface area contributed by atoms with Gasteiger partial charge in [-0.25, -0.2) is 4.98 Å². The zero-order valence-electron chi connectivity index (χ0n) is 14.0. The number of carbonyl (C=O) groups excluding carboxylic acids is 2. The maximum absolute atomic E-state index is 12.8. The minimum atomic E-state index is -4.54. The van der Waals surface area contributed by atoms with Crippen molar-refractivity contribution in [3.8, 4) is 11.3 Å². The molecule has 1 aromatic heterocycles. The van der Waals surface area contributed by atoms with E-state index in [2.05, 4.69) is 10.3 Å². The summed E-state index contributed by atoms with van der Waals surface area (Å²) in [5.74, 6) is -0.949. The number of carbonyl (C=O) groups is 2. The van der Waals surface area contributed by atoms with E-state index < -0.39 is 17.6 Å². The van der Waals surface area contributed by atoms with Gasteiger partial charge >= 0.3 is 6.18 Å². The van der Waals surface area contributed by atoms with Crippen molar-refractivity contribution in [2.45, 2.75) is 13.1 Å². The first-order chi connectivity index (χ1) is 12.8. The summed E-state index contributed by atoms with van der Waals surface area (Å²) in [6, 6.07) is 13.1. The number of nitrogens with one attached hydrogen (secondary N) is 1. The number of nitrogens with zero attached hydrogens (tertiary/aromatic N) is 1. The number of amides is 1. The molecular weight excluding hydrogens is 377 g/mol. The Kier molecular flexibility index (Phi) is 5.09. The highest BCUT2D eigenvalue weighted by Gasteiger charge is 2.31. The summed E-state index contributed by atoms with van der Waals surface area (Å²) >= 11 is 0.980. The highest BCUT2D eigenvalue weighted by molar-refractivity contribution is 7.18. The van der Waals surface area contributed by atoms with E-state index in [0.717, 1.165) is 29.5 Å². The van der Waals surface area contributed by atoms with Gasteiger partial charge in [-0.05, 0) is 18.2 Å². The van der Waals surface area contributed by atoms with Gasteiger partial charge in [-0.1, -0.05) is 47.7 Å². The number of anilines is 1. The lowest BCUT2D eigenvalue weighted by molar-refractivity contribution is -0.137. The van der Waals surface area contributed by atoms with Gasteiger partial charge in [-0.2, -0.15) is 13.2 Å². The second kappa shape index (κ2) is 7.32. The second-order valence-corrected chi connectivity index (χ2v) is 6.65. The van der Waals surface area contributed by atoms with Crippen molar-refractivity contribution in [2.24, 2.45) is 0 Å². The van der Waals surface area contributed by atoms with Crippen molar-refractivity contribution < 1.29 is 22.8 Å². The average molecular weight is 390 g/mol. The molecule has 0 bridgehead atoms. The molecule has 27 heavy (non-hydrogen) atoms. The summed E-state index contributed by atoms with van der Waals surface area (Å²) < 4.78 is 38.4. The van der Waals surface area contributed by atoms with E-state index in [1.54, 1.807) is 24.3 Å². The van der Waals surface area contributed by atoms with Crippen LogP contribution in [0.3, 0.4) is 0 Å². The highest BCUT2D eigenvalue weighted by Crippen LogP contribution is 2.32. The van der Waals surface area contributed by atoms with Crippen LogP contribution in [0.2, 0.25) is 0 Å². The number of ketones is 1. The molecule has 0 atom stereocenters. The van der Waals surface area contributed by atoms with E-state index >= 15 is 0 Å². The number of alkyl halides is 3. The van der Waals surface area contributed by atoms with Gasteiger partial charge in [0.1, 0.15) is 0 Å². The molecule has 3 aromatic rings. The molecule has 4 nitrogen and oxygen atoms in total. The maximum atomic E-state index is 12.8. The van der Waals surface area contributed by atoms with Crippen LogP contribution in [0.4, 0.5) is 18.3 Å². The van der Waals surface area contributed by atoms with Crippen molar-refractivity contribution in [3.05, 3.63) is 70.6 Å². The van der Waals surface area contributed by atoms with Crippen molar-refractivity contribution >= 4 is 28.2 Å². The molecule has 0 spiro atoms. The summed E-state index contributed by atoms with van der Waals surface area (Å²) in [5, 5.41) is 2.61. The van der Waals surface area contributed by atoms with Gasteiger partial charge in [0, 0.05) is 18.1 Å². The molecule has 138 valence electrons. The summed E-state index contributed by atoms with van der Waals surface area (Å²) in [7, 11) is 0. The Morgan fingerprint density at radius 2 is 1.74 bits per heavy atom. The molecule has 0 saturated heterocycles. The molecule has 3 rings (SSSR count). The molecule has 1 N–H and O–H groups in total. The fourth-order valence-electron chi connectivity index (χ4n) is 2.41. The van der Waals surface area contributed by atoms with Crippen LogP contribution in [0.5, 0.6) is 0 Å². The summed E-state index contributed by atoms with van der Waals surface area (Å²) in [6.45, 7) is 1.39. The van der Waals surface area contributed by atoms with E-state index in [1.807, 2.05) is 6.07 Å². The zero-order chi connectivity index (χ0) is 19.6. The number of Topliss-reactive ketones (excluding diaryl/α,β-unsaturated/α-hetero) is 1. The number of aromatic nitrogens is 1. The van der Waals surface area contributed by atoms with Crippen LogP contribution in [-0.4, -0.2) is 16.7 Å². The van der Waals surface area contributed by atoms with Gasteiger partial charge in [0.15, 0.2) is 10.9 Å². The van der Waals surface area contributed by atoms with Gasteiger partial charge in [-0.3, -0.25) is 14.9 Å². The van der Waals surface area contributed by atoms with Crippen LogP contribution in [-0.2, 0) is 6.18 Å². The van der Waals surface area contributed by atoms with Crippen LogP contribution in [0.1, 0.15) is 32.5 Å². The number of benzene rings is 2. The number of rotatable bonds is 4. The minimum absolute atomic E-state index is 0.140. The van der Waals surface area contributed by atoms with Crippen LogP contribution < -0.4 is 5.32 Å². The van der Waals surface area contributed by atoms with Gasteiger partial charge < -0.3 is 0 Å². The Morgan fingerprint density at radius 3 is 2.37 bits per heavy atom. The van der Waals surface area contributed by atoms with Crippen LogP contribution in [0, 0.1) is 0 Å². The fourth-order valence-corrected chi connectivity index (χ4v) is 3.29. The van der Waals surface area contributed by atoms with E-state index in [1.165, 1.54) is 13.0 Å². The Morgan fingerprint density at radius 1 is 1.04 bits per heavy atom. The lowest BCUT2D eigenvalue weighted by atomic mass is 10.1. The first-order valence-electron chi connectivity index (χ1n) is 7.81. The van der Waals surface area contributed by atoms with Crippen LogP contribution >= 0.6 is 11.3 Å². The molecule has 2 aromatic carbocycles. The number of thiazole rings is 1. The van der Waals surface area contributed by atoms with E-state index in [0.29, 0.717) is 16.1 Å². The van der Waals surface area contributed by atoms with E-state index in [-0.39, 0.29) is 16.5 Å². The Bertz CT molecular complexity index is 998. The third-order valence-corrected chi connectivity index (χ3v) is 4.74. The first kappa shape index (κ1) is 18.8. The van der Waals surface area contributed by atoms with E-state index in [4.69, 9.17) is 0 Å². The molecule has 0 unspecified atom stereocenters. The van der Waals surface area contributed by atoms with Gasteiger partial charge in [0.05, 0.1) is 16.1 Å². The lowest BCUT2D eigenvalue weighted by Gasteiger charge is -2.08.